The van der Waals surface area contributed by atoms with Crippen molar-refractivity contribution in [1.82, 2.24) is 14.6 Å². The Hall–Kier alpha value is -2.65. The summed E-state index contributed by atoms with van der Waals surface area (Å²) < 4.78 is 6.67. The molecular weight excluding hydrogens is 438 g/mol. The molecule has 1 aliphatic heterocycles. The van der Waals surface area contributed by atoms with Gasteiger partial charge in [-0.1, -0.05) is 36.3 Å². The lowest BCUT2D eigenvalue weighted by Gasteiger charge is -2.30. The minimum Gasteiger partial charge on any atom is -0.495 e. The second-order valence-corrected chi connectivity index (χ2v) is 8.88. The Morgan fingerprint density at radius 1 is 1.32 bits per heavy atom. The minimum absolute atomic E-state index is 0.0494. The number of nitrogens with zero attached hydrogens (tertiary/aromatic N) is 4. The summed E-state index contributed by atoms with van der Waals surface area (Å²) in [7, 11) is 1.56. The molecule has 0 spiro atoms. The number of benzene rings is 1. The summed E-state index contributed by atoms with van der Waals surface area (Å²) in [5.74, 6) is 0.406. The summed E-state index contributed by atoms with van der Waals surface area (Å²) in [6, 6.07) is 6.69. The number of aryl methyl sites for hydroxylation is 1. The summed E-state index contributed by atoms with van der Waals surface area (Å²) in [5, 5.41) is 8.69. The molecule has 0 radical (unpaired) electrons. The molecule has 164 valence electrons. The Morgan fingerprint density at radius 3 is 2.81 bits per heavy atom. The summed E-state index contributed by atoms with van der Waals surface area (Å²) >= 11 is 7.46. The Labute approximate surface area is 188 Å². The van der Waals surface area contributed by atoms with Gasteiger partial charge in [-0.05, 0) is 37.5 Å². The highest BCUT2D eigenvalue weighted by Crippen LogP contribution is 2.30. The van der Waals surface area contributed by atoms with Crippen LogP contribution in [0.3, 0.4) is 0 Å². The number of anilines is 2. The smallest absolute Gasteiger partial charge is 0.275 e. The van der Waals surface area contributed by atoms with Crippen molar-refractivity contribution >= 4 is 44.6 Å². The highest BCUT2D eigenvalue weighted by molar-refractivity contribution is 7.20. The van der Waals surface area contributed by atoms with Crippen molar-refractivity contribution in [3.8, 4) is 5.75 Å². The van der Waals surface area contributed by atoms with Crippen LogP contribution in [0, 0.1) is 5.92 Å². The zero-order valence-corrected chi connectivity index (χ0v) is 19.0. The van der Waals surface area contributed by atoms with E-state index in [4.69, 9.17) is 16.3 Å². The van der Waals surface area contributed by atoms with Crippen LogP contribution in [0.1, 0.15) is 31.9 Å². The van der Waals surface area contributed by atoms with Gasteiger partial charge in [-0.25, -0.2) is 4.98 Å². The quantitative estimate of drug-likeness (QED) is 0.603. The number of halogens is 1. The summed E-state index contributed by atoms with van der Waals surface area (Å²) in [4.78, 5) is 32.4. The Morgan fingerprint density at radius 2 is 2.10 bits per heavy atom. The molecule has 1 N–H and O–H groups in total. The van der Waals surface area contributed by atoms with Gasteiger partial charge in [0.1, 0.15) is 5.75 Å². The number of rotatable bonds is 6. The number of piperidine rings is 1. The topological polar surface area (TPSA) is 88.8 Å². The lowest BCUT2D eigenvalue weighted by Crippen LogP contribution is -2.38. The molecule has 0 aliphatic carbocycles. The number of aromatic nitrogens is 3. The molecule has 0 saturated carbocycles. The van der Waals surface area contributed by atoms with Crippen LogP contribution < -0.4 is 20.5 Å². The van der Waals surface area contributed by atoms with E-state index in [2.05, 4.69) is 27.2 Å². The van der Waals surface area contributed by atoms with E-state index >= 15 is 0 Å². The van der Waals surface area contributed by atoms with Crippen LogP contribution in [0.2, 0.25) is 5.02 Å². The Kier molecular flexibility index (Phi) is 6.43. The van der Waals surface area contributed by atoms with Gasteiger partial charge in [-0.3, -0.25) is 9.59 Å². The van der Waals surface area contributed by atoms with E-state index in [1.165, 1.54) is 15.9 Å². The fourth-order valence-electron chi connectivity index (χ4n) is 3.70. The second kappa shape index (κ2) is 9.23. The van der Waals surface area contributed by atoms with E-state index in [0.29, 0.717) is 47.4 Å². The minimum atomic E-state index is -0.152. The molecule has 3 heterocycles. The number of nitrogens with one attached hydrogen (secondary N) is 1. The van der Waals surface area contributed by atoms with Crippen LogP contribution in [0.25, 0.3) is 4.96 Å². The van der Waals surface area contributed by atoms with Gasteiger partial charge in [0.25, 0.3) is 5.56 Å². The molecule has 1 saturated heterocycles. The van der Waals surface area contributed by atoms with E-state index in [1.54, 1.807) is 31.4 Å². The number of methoxy groups -OCH3 is 1. The van der Waals surface area contributed by atoms with Crippen molar-refractivity contribution in [2.24, 2.45) is 5.92 Å². The van der Waals surface area contributed by atoms with E-state index in [-0.39, 0.29) is 17.4 Å². The Balaban J connectivity index is 1.43. The van der Waals surface area contributed by atoms with E-state index in [1.807, 2.05) is 0 Å². The first kappa shape index (κ1) is 21.6. The van der Waals surface area contributed by atoms with E-state index in [9.17, 15) is 9.59 Å². The zero-order valence-electron chi connectivity index (χ0n) is 17.4. The molecule has 2 aromatic heterocycles. The molecule has 1 fully saturated rings. The van der Waals surface area contributed by atoms with Crippen molar-refractivity contribution in [2.45, 2.75) is 32.6 Å². The largest absolute Gasteiger partial charge is 0.495 e. The molecule has 8 nitrogen and oxygen atoms in total. The third-order valence-corrected chi connectivity index (χ3v) is 6.55. The van der Waals surface area contributed by atoms with Crippen LogP contribution in [-0.2, 0) is 11.2 Å². The van der Waals surface area contributed by atoms with Gasteiger partial charge in [0.05, 0.1) is 12.8 Å². The average molecular weight is 462 g/mol. The molecule has 0 atom stereocenters. The van der Waals surface area contributed by atoms with Crippen LogP contribution in [0.5, 0.6) is 5.75 Å². The van der Waals surface area contributed by atoms with Crippen molar-refractivity contribution in [1.29, 1.82) is 0 Å². The fraction of sp³-hybridized carbons (Fsp3) is 0.429. The van der Waals surface area contributed by atoms with Crippen molar-refractivity contribution in [3.05, 3.63) is 45.3 Å². The standard InChI is InChI=1S/C21H24ClN5O3S/c1-3-4-15-12-18(28)27-20(23-15)31-21(25-27)26-9-7-13(8-10-26)19(29)24-16-11-14(22)5-6-17(16)30-2/h5-6,11-13H,3-4,7-10H2,1-2H3,(H,24,29). The lowest BCUT2D eigenvalue weighted by molar-refractivity contribution is -0.120. The number of fused-ring (bicyclic) bond motifs is 1. The number of ether oxygens (including phenoxy) is 1. The molecule has 1 amide bonds. The Bertz CT molecular complexity index is 1150. The monoisotopic (exact) mass is 461 g/mol. The molecule has 0 unspecified atom stereocenters. The second-order valence-electron chi connectivity index (χ2n) is 7.51. The number of hydrogen-bond donors (Lipinski definition) is 1. The highest BCUT2D eigenvalue weighted by Gasteiger charge is 2.27. The zero-order chi connectivity index (χ0) is 22.0. The fourth-order valence-corrected chi connectivity index (χ4v) is 4.85. The molecule has 1 aromatic carbocycles. The first-order valence-electron chi connectivity index (χ1n) is 10.3. The van der Waals surface area contributed by atoms with Crippen LogP contribution in [0.4, 0.5) is 10.8 Å². The summed E-state index contributed by atoms with van der Waals surface area (Å²) in [6.07, 6.45) is 3.09. The molecule has 4 rings (SSSR count). The lowest BCUT2D eigenvalue weighted by atomic mass is 9.96. The summed E-state index contributed by atoms with van der Waals surface area (Å²) in [6.45, 7) is 3.42. The predicted octanol–water partition coefficient (Wildman–Crippen LogP) is 3.62. The van der Waals surface area contributed by atoms with Gasteiger partial charge in [0.15, 0.2) is 0 Å². The van der Waals surface area contributed by atoms with Crippen molar-refractivity contribution in [2.75, 3.05) is 30.4 Å². The van der Waals surface area contributed by atoms with E-state index < -0.39 is 0 Å². The van der Waals surface area contributed by atoms with Crippen LogP contribution in [0.15, 0.2) is 29.1 Å². The van der Waals surface area contributed by atoms with E-state index in [0.717, 1.165) is 23.7 Å². The van der Waals surface area contributed by atoms with Crippen LogP contribution in [-0.4, -0.2) is 40.7 Å². The van der Waals surface area contributed by atoms with Gasteiger partial charge < -0.3 is 15.0 Å². The molecule has 0 bridgehead atoms. The molecular formula is C21H24ClN5O3S. The van der Waals surface area contributed by atoms with Crippen molar-refractivity contribution < 1.29 is 9.53 Å². The third kappa shape index (κ3) is 4.67. The SMILES string of the molecule is CCCc1cc(=O)n2nc(N3CCC(C(=O)Nc4cc(Cl)ccc4OC)CC3)sc2n1. The molecule has 10 heteroatoms. The van der Waals surface area contributed by atoms with Gasteiger partial charge in [0, 0.05) is 35.8 Å². The normalized spacial score (nSPS) is 14.7. The molecule has 3 aromatic rings. The average Bonchev–Trinajstić information content (AvgIpc) is 3.19. The van der Waals surface area contributed by atoms with Gasteiger partial charge in [0.2, 0.25) is 16.0 Å². The number of carbonyl (C=O) groups is 1. The predicted molar refractivity (Wildman–Crippen MR) is 123 cm³/mol. The van der Waals surface area contributed by atoms with Crippen LogP contribution >= 0.6 is 22.9 Å². The number of hydrogen-bond acceptors (Lipinski definition) is 7. The first-order valence-corrected chi connectivity index (χ1v) is 11.5. The summed E-state index contributed by atoms with van der Waals surface area (Å²) in [5.41, 5.74) is 1.22. The third-order valence-electron chi connectivity index (χ3n) is 5.35. The van der Waals surface area contributed by atoms with Gasteiger partial charge in [-0.2, -0.15) is 4.52 Å². The van der Waals surface area contributed by atoms with Gasteiger partial charge >= 0.3 is 0 Å². The number of carbonyl (C=O) groups excluding carboxylic acids is 1. The maximum absolute atomic E-state index is 12.8. The molecule has 1 aliphatic rings. The number of amides is 1. The maximum atomic E-state index is 12.8. The van der Waals surface area contributed by atoms with Crippen molar-refractivity contribution in [3.63, 3.8) is 0 Å². The van der Waals surface area contributed by atoms with Gasteiger partial charge in [-0.15, -0.1) is 5.10 Å². The molecule has 31 heavy (non-hydrogen) atoms. The highest BCUT2D eigenvalue weighted by atomic mass is 35.5. The first-order chi connectivity index (χ1) is 15.0. The maximum Gasteiger partial charge on any atom is 0.275 e.